The van der Waals surface area contributed by atoms with Gasteiger partial charge in [-0.3, -0.25) is 4.99 Å². The van der Waals surface area contributed by atoms with Gasteiger partial charge in [0.25, 0.3) is 0 Å². The zero-order chi connectivity index (χ0) is 15.2. The van der Waals surface area contributed by atoms with Crippen molar-refractivity contribution in [3.63, 3.8) is 0 Å². The molecule has 3 N–H and O–H groups in total. The van der Waals surface area contributed by atoms with E-state index in [1.165, 1.54) is 25.7 Å². The maximum absolute atomic E-state index is 6.11. The molecule has 0 aliphatic carbocycles. The molecule has 23 heavy (non-hydrogen) atoms. The van der Waals surface area contributed by atoms with E-state index in [0.717, 1.165) is 49.3 Å². The summed E-state index contributed by atoms with van der Waals surface area (Å²) in [6.07, 6.45) is 6.97. The van der Waals surface area contributed by atoms with Crippen LogP contribution in [0.15, 0.2) is 29.3 Å². The standard InChI is InChI=1S/C17H25N5.HI/c18-17(22-12-5-1-2-6-13-22)19-11-7-10-16-20-14-8-3-4-9-15(14)21-16;/h3-4,8-9H,1-2,5-7,10-13H2,(H2,18,19)(H,20,21);1H. The molecule has 0 radical (unpaired) electrons. The first-order valence-electron chi connectivity index (χ1n) is 8.31. The van der Waals surface area contributed by atoms with Crippen LogP contribution in [-0.4, -0.2) is 40.5 Å². The zero-order valence-corrected chi connectivity index (χ0v) is 15.8. The fraction of sp³-hybridized carbons (Fsp3) is 0.529. The van der Waals surface area contributed by atoms with Gasteiger partial charge < -0.3 is 15.6 Å². The summed E-state index contributed by atoms with van der Waals surface area (Å²) < 4.78 is 0. The van der Waals surface area contributed by atoms with Crippen LogP contribution >= 0.6 is 24.0 Å². The third kappa shape index (κ3) is 5.09. The molecule has 1 saturated heterocycles. The molecule has 0 unspecified atom stereocenters. The quantitative estimate of drug-likeness (QED) is 0.341. The van der Waals surface area contributed by atoms with E-state index in [0.29, 0.717) is 5.96 Å². The lowest BCUT2D eigenvalue weighted by molar-refractivity contribution is 0.428. The largest absolute Gasteiger partial charge is 0.370 e. The first kappa shape index (κ1) is 18.0. The van der Waals surface area contributed by atoms with E-state index in [4.69, 9.17) is 5.73 Å². The Morgan fingerprint density at radius 2 is 1.91 bits per heavy atom. The highest BCUT2D eigenvalue weighted by atomic mass is 127. The highest BCUT2D eigenvalue weighted by Gasteiger charge is 2.10. The van der Waals surface area contributed by atoms with Gasteiger partial charge in [-0.1, -0.05) is 25.0 Å². The van der Waals surface area contributed by atoms with Gasteiger partial charge >= 0.3 is 0 Å². The van der Waals surface area contributed by atoms with Crippen molar-refractivity contribution >= 4 is 41.0 Å². The minimum absolute atomic E-state index is 0. The van der Waals surface area contributed by atoms with E-state index in [1.807, 2.05) is 18.2 Å². The Bertz CT molecular complexity index is 596. The summed E-state index contributed by atoms with van der Waals surface area (Å²) in [6, 6.07) is 8.13. The summed E-state index contributed by atoms with van der Waals surface area (Å²) >= 11 is 0. The summed E-state index contributed by atoms with van der Waals surface area (Å²) in [7, 11) is 0. The Morgan fingerprint density at radius 3 is 2.65 bits per heavy atom. The maximum atomic E-state index is 6.11. The molecule has 126 valence electrons. The number of aromatic nitrogens is 2. The number of para-hydroxylation sites is 2. The van der Waals surface area contributed by atoms with E-state index in [-0.39, 0.29) is 24.0 Å². The van der Waals surface area contributed by atoms with E-state index < -0.39 is 0 Å². The van der Waals surface area contributed by atoms with Gasteiger partial charge in [0.1, 0.15) is 5.82 Å². The molecule has 5 nitrogen and oxygen atoms in total. The second-order valence-corrected chi connectivity index (χ2v) is 5.95. The van der Waals surface area contributed by atoms with Gasteiger partial charge in [-0.15, -0.1) is 24.0 Å². The van der Waals surface area contributed by atoms with Gasteiger partial charge in [0.2, 0.25) is 0 Å². The molecule has 0 amide bonds. The summed E-state index contributed by atoms with van der Waals surface area (Å²) in [5.74, 6) is 1.75. The number of nitrogens with zero attached hydrogens (tertiary/aromatic N) is 3. The average Bonchev–Trinajstić information content (AvgIpc) is 2.75. The number of aryl methyl sites for hydroxylation is 1. The van der Waals surface area contributed by atoms with Crippen molar-refractivity contribution in [2.45, 2.75) is 38.5 Å². The highest BCUT2D eigenvalue weighted by Crippen LogP contribution is 2.12. The minimum Gasteiger partial charge on any atom is -0.370 e. The predicted octanol–water partition coefficient (Wildman–Crippen LogP) is 3.30. The van der Waals surface area contributed by atoms with Crippen molar-refractivity contribution in [2.24, 2.45) is 10.7 Å². The average molecular weight is 427 g/mol. The van der Waals surface area contributed by atoms with Crippen LogP contribution in [-0.2, 0) is 6.42 Å². The lowest BCUT2D eigenvalue weighted by Crippen LogP contribution is -2.38. The first-order chi connectivity index (χ1) is 10.8. The number of hydrogen-bond acceptors (Lipinski definition) is 2. The Hall–Kier alpha value is -1.31. The predicted molar refractivity (Wildman–Crippen MR) is 106 cm³/mol. The van der Waals surface area contributed by atoms with Crippen LogP contribution in [0.25, 0.3) is 11.0 Å². The Balaban J connectivity index is 0.00000192. The van der Waals surface area contributed by atoms with Crippen LogP contribution in [0.1, 0.15) is 37.9 Å². The second kappa shape index (κ2) is 9.10. The molecule has 0 bridgehead atoms. The van der Waals surface area contributed by atoms with Gasteiger partial charge in [-0.2, -0.15) is 0 Å². The number of H-pyrrole nitrogens is 1. The number of fused-ring (bicyclic) bond motifs is 1. The SMILES string of the molecule is I.NC(=NCCCc1nc2ccccc2[nH]1)N1CCCCCC1. The first-order valence-corrected chi connectivity index (χ1v) is 8.31. The summed E-state index contributed by atoms with van der Waals surface area (Å²) in [5.41, 5.74) is 8.25. The molecule has 1 aliphatic rings. The Labute approximate surface area is 154 Å². The molecular weight excluding hydrogens is 401 g/mol. The number of likely N-dealkylation sites (tertiary alicyclic amines) is 1. The lowest BCUT2D eigenvalue weighted by atomic mass is 10.2. The number of hydrogen-bond donors (Lipinski definition) is 2. The lowest BCUT2D eigenvalue weighted by Gasteiger charge is -2.21. The van der Waals surface area contributed by atoms with Crippen LogP contribution in [0.2, 0.25) is 0 Å². The van der Waals surface area contributed by atoms with Gasteiger partial charge in [0.15, 0.2) is 5.96 Å². The topological polar surface area (TPSA) is 70.3 Å². The third-order valence-corrected chi connectivity index (χ3v) is 4.21. The number of nitrogens with two attached hydrogens (primary N) is 1. The number of nitrogens with one attached hydrogen (secondary N) is 1. The molecule has 0 atom stereocenters. The zero-order valence-electron chi connectivity index (χ0n) is 13.5. The molecule has 1 fully saturated rings. The number of imidazole rings is 1. The van der Waals surface area contributed by atoms with Crippen molar-refractivity contribution in [3.8, 4) is 0 Å². The smallest absolute Gasteiger partial charge is 0.191 e. The summed E-state index contributed by atoms with van der Waals surface area (Å²) in [4.78, 5) is 14.7. The van der Waals surface area contributed by atoms with Crippen LogP contribution in [0.4, 0.5) is 0 Å². The summed E-state index contributed by atoms with van der Waals surface area (Å²) in [6.45, 7) is 2.87. The molecule has 1 aromatic carbocycles. The van der Waals surface area contributed by atoms with Crippen LogP contribution in [0.3, 0.4) is 0 Å². The third-order valence-electron chi connectivity index (χ3n) is 4.21. The van der Waals surface area contributed by atoms with E-state index in [1.54, 1.807) is 0 Å². The molecule has 0 spiro atoms. The van der Waals surface area contributed by atoms with Crippen LogP contribution in [0.5, 0.6) is 0 Å². The fourth-order valence-corrected chi connectivity index (χ4v) is 2.96. The molecule has 2 aromatic rings. The van der Waals surface area contributed by atoms with E-state index in [9.17, 15) is 0 Å². The number of rotatable bonds is 4. The maximum Gasteiger partial charge on any atom is 0.191 e. The van der Waals surface area contributed by atoms with Crippen molar-refractivity contribution in [1.29, 1.82) is 0 Å². The number of aliphatic imine (C=N–C) groups is 1. The summed E-state index contributed by atoms with van der Waals surface area (Å²) in [5, 5.41) is 0. The van der Waals surface area contributed by atoms with E-state index in [2.05, 4.69) is 25.9 Å². The molecule has 6 heteroatoms. The van der Waals surface area contributed by atoms with Gasteiger partial charge in [0, 0.05) is 26.1 Å². The molecule has 3 rings (SSSR count). The second-order valence-electron chi connectivity index (χ2n) is 5.95. The van der Waals surface area contributed by atoms with Gasteiger partial charge in [-0.25, -0.2) is 4.98 Å². The Morgan fingerprint density at radius 1 is 1.17 bits per heavy atom. The van der Waals surface area contributed by atoms with Crippen LogP contribution < -0.4 is 5.73 Å². The van der Waals surface area contributed by atoms with E-state index >= 15 is 0 Å². The molecule has 1 aromatic heterocycles. The van der Waals surface area contributed by atoms with Crippen molar-refractivity contribution in [1.82, 2.24) is 14.9 Å². The number of benzene rings is 1. The monoisotopic (exact) mass is 427 g/mol. The normalized spacial score (nSPS) is 16.2. The number of aromatic amines is 1. The highest BCUT2D eigenvalue weighted by molar-refractivity contribution is 14.0. The Kier molecular flexibility index (Phi) is 7.14. The van der Waals surface area contributed by atoms with Crippen molar-refractivity contribution in [3.05, 3.63) is 30.1 Å². The number of halogens is 1. The van der Waals surface area contributed by atoms with Crippen molar-refractivity contribution in [2.75, 3.05) is 19.6 Å². The van der Waals surface area contributed by atoms with Crippen molar-refractivity contribution < 1.29 is 0 Å². The van der Waals surface area contributed by atoms with Gasteiger partial charge in [0.05, 0.1) is 11.0 Å². The van der Waals surface area contributed by atoms with Crippen LogP contribution in [0, 0.1) is 0 Å². The molecular formula is C17H26IN5. The van der Waals surface area contributed by atoms with Gasteiger partial charge in [-0.05, 0) is 31.4 Å². The molecule has 0 saturated carbocycles. The molecule has 1 aliphatic heterocycles. The fourth-order valence-electron chi connectivity index (χ4n) is 2.96. The minimum atomic E-state index is 0. The number of guanidine groups is 1. The molecule has 2 heterocycles.